The first-order chi connectivity index (χ1) is 10.9. The van der Waals surface area contributed by atoms with E-state index in [1.165, 1.54) is 12.1 Å². The molecule has 2 rings (SSSR count). The van der Waals surface area contributed by atoms with Crippen molar-refractivity contribution in [1.29, 1.82) is 0 Å². The molecule has 0 radical (unpaired) electrons. The van der Waals surface area contributed by atoms with Crippen LogP contribution in [0.5, 0.6) is 0 Å². The lowest BCUT2D eigenvalue weighted by molar-refractivity contribution is 0.0913. The van der Waals surface area contributed by atoms with E-state index in [0.717, 1.165) is 0 Å². The maximum atomic E-state index is 12.1. The molecular weight excluding hydrogens is 339 g/mol. The number of hydrogen-bond acceptors (Lipinski definition) is 4. The van der Waals surface area contributed by atoms with Crippen molar-refractivity contribution in [2.75, 3.05) is 12.3 Å². The van der Waals surface area contributed by atoms with Crippen LogP contribution in [0.3, 0.4) is 0 Å². The number of hydrogen-bond donors (Lipinski definition) is 4. The zero-order chi connectivity index (χ0) is 17.0. The fourth-order valence-corrected chi connectivity index (χ4v) is 2.58. The fraction of sp³-hybridized carbons (Fsp3) is 0.188. The lowest BCUT2D eigenvalue weighted by atomic mass is 10.1. The van der Waals surface area contributed by atoms with Gasteiger partial charge in [-0.25, -0.2) is 0 Å². The van der Waals surface area contributed by atoms with Crippen LogP contribution in [0.15, 0.2) is 36.4 Å². The fourth-order valence-electron chi connectivity index (χ4n) is 2.08. The molecule has 0 fully saturated rings. The molecule has 7 heteroatoms. The maximum absolute atomic E-state index is 12.1. The number of benzene rings is 2. The van der Waals surface area contributed by atoms with Crippen LogP contribution in [-0.2, 0) is 6.61 Å². The lowest BCUT2D eigenvalue weighted by Gasteiger charge is -2.15. The molecule has 0 aliphatic carbocycles. The number of carbonyl (C=O) groups is 1. The predicted octanol–water partition coefficient (Wildman–Crippen LogP) is 2.53. The van der Waals surface area contributed by atoms with E-state index in [0.29, 0.717) is 16.7 Å². The minimum absolute atomic E-state index is 0.0326. The monoisotopic (exact) mass is 354 g/mol. The Bertz CT molecular complexity index is 699. The quantitative estimate of drug-likeness (QED) is 0.620. The van der Waals surface area contributed by atoms with Crippen LogP contribution in [0.4, 0.5) is 5.69 Å². The highest BCUT2D eigenvalue weighted by atomic mass is 35.5. The summed E-state index contributed by atoms with van der Waals surface area (Å²) in [4.78, 5) is 12.1. The van der Waals surface area contributed by atoms with Crippen molar-refractivity contribution < 1.29 is 15.0 Å². The average molecular weight is 355 g/mol. The molecule has 2 aromatic rings. The molecule has 122 valence electrons. The van der Waals surface area contributed by atoms with Crippen LogP contribution < -0.4 is 11.1 Å². The number of aliphatic hydroxyl groups excluding tert-OH is 2. The third-order valence-corrected chi connectivity index (χ3v) is 4.00. The normalized spacial score (nSPS) is 12.0. The smallest absolute Gasteiger partial charge is 0.251 e. The molecule has 0 bridgehead atoms. The molecule has 23 heavy (non-hydrogen) atoms. The molecule has 0 spiro atoms. The molecule has 2 aromatic carbocycles. The summed E-state index contributed by atoms with van der Waals surface area (Å²) in [5.74, 6) is -0.388. The second-order valence-electron chi connectivity index (χ2n) is 4.94. The van der Waals surface area contributed by atoms with E-state index in [1.54, 1.807) is 24.3 Å². The first kappa shape index (κ1) is 17.6. The van der Waals surface area contributed by atoms with Crippen LogP contribution in [0.2, 0.25) is 10.0 Å². The van der Waals surface area contributed by atoms with Crippen LogP contribution >= 0.6 is 23.2 Å². The van der Waals surface area contributed by atoms with E-state index >= 15 is 0 Å². The van der Waals surface area contributed by atoms with Crippen molar-refractivity contribution in [1.82, 2.24) is 5.32 Å². The molecule has 0 aromatic heterocycles. The van der Waals surface area contributed by atoms with Gasteiger partial charge in [0.15, 0.2) is 0 Å². The van der Waals surface area contributed by atoms with E-state index in [4.69, 9.17) is 28.9 Å². The molecule has 1 amide bonds. The van der Waals surface area contributed by atoms with Crippen molar-refractivity contribution in [3.8, 4) is 0 Å². The number of aliphatic hydroxyl groups is 2. The summed E-state index contributed by atoms with van der Waals surface area (Å²) >= 11 is 11.9. The van der Waals surface area contributed by atoms with Gasteiger partial charge in [-0.2, -0.15) is 0 Å². The standard InChI is InChI=1S/C16H16Cl2N2O3/c17-12-5-10(6-13(18)15(12)19)14(22)7-20-16(23)11-4-2-1-3-9(11)8-21/h1-6,14,21-22H,7-8,19H2,(H,20,23). The third kappa shape index (κ3) is 4.14. The van der Waals surface area contributed by atoms with E-state index in [-0.39, 0.29) is 34.8 Å². The van der Waals surface area contributed by atoms with Gasteiger partial charge in [-0.05, 0) is 29.3 Å². The minimum Gasteiger partial charge on any atom is -0.396 e. The van der Waals surface area contributed by atoms with Gasteiger partial charge in [0, 0.05) is 12.1 Å². The van der Waals surface area contributed by atoms with Crippen LogP contribution in [0.25, 0.3) is 0 Å². The van der Waals surface area contributed by atoms with Crippen molar-refractivity contribution in [3.63, 3.8) is 0 Å². The van der Waals surface area contributed by atoms with Gasteiger partial charge >= 0.3 is 0 Å². The third-order valence-electron chi connectivity index (χ3n) is 3.37. The zero-order valence-electron chi connectivity index (χ0n) is 12.1. The van der Waals surface area contributed by atoms with Gasteiger partial charge in [0.1, 0.15) is 0 Å². The number of nitrogen functional groups attached to an aromatic ring is 1. The molecule has 1 unspecified atom stereocenters. The Labute approximate surface area is 143 Å². The summed E-state index contributed by atoms with van der Waals surface area (Å²) in [5, 5.41) is 22.5. The Morgan fingerprint density at radius 1 is 1.22 bits per heavy atom. The van der Waals surface area contributed by atoms with Crippen molar-refractivity contribution in [3.05, 3.63) is 63.1 Å². The van der Waals surface area contributed by atoms with E-state index in [1.807, 2.05) is 0 Å². The van der Waals surface area contributed by atoms with Gasteiger partial charge in [0.25, 0.3) is 5.91 Å². The Kier molecular flexibility index (Phi) is 5.85. The van der Waals surface area contributed by atoms with Crippen molar-refractivity contribution >= 4 is 34.8 Å². The van der Waals surface area contributed by atoms with Crippen LogP contribution in [0.1, 0.15) is 27.6 Å². The molecule has 1 atom stereocenters. The van der Waals surface area contributed by atoms with Crippen LogP contribution in [-0.4, -0.2) is 22.7 Å². The second-order valence-corrected chi connectivity index (χ2v) is 5.75. The largest absolute Gasteiger partial charge is 0.396 e. The summed E-state index contributed by atoms with van der Waals surface area (Å²) in [6.07, 6.45) is -0.990. The van der Waals surface area contributed by atoms with Crippen molar-refractivity contribution in [2.45, 2.75) is 12.7 Å². The lowest BCUT2D eigenvalue weighted by Crippen LogP contribution is -2.29. The molecule has 0 saturated carbocycles. The zero-order valence-corrected chi connectivity index (χ0v) is 13.6. The number of rotatable bonds is 5. The highest BCUT2D eigenvalue weighted by molar-refractivity contribution is 6.38. The Hall–Kier alpha value is -1.79. The Morgan fingerprint density at radius 2 is 1.83 bits per heavy atom. The number of anilines is 1. The minimum atomic E-state index is -0.990. The SMILES string of the molecule is Nc1c(Cl)cc(C(O)CNC(=O)c2ccccc2CO)cc1Cl. The van der Waals surface area contributed by atoms with Gasteiger partial charge in [0.2, 0.25) is 0 Å². The van der Waals surface area contributed by atoms with Gasteiger partial charge in [-0.1, -0.05) is 41.4 Å². The highest BCUT2D eigenvalue weighted by Crippen LogP contribution is 2.31. The number of carbonyl (C=O) groups excluding carboxylic acids is 1. The average Bonchev–Trinajstić information content (AvgIpc) is 2.56. The van der Waals surface area contributed by atoms with E-state index in [9.17, 15) is 15.0 Å². The van der Waals surface area contributed by atoms with Gasteiger partial charge < -0.3 is 21.3 Å². The maximum Gasteiger partial charge on any atom is 0.251 e. The summed E-state index contributed by atoms with van der Waals surface area (Å²) in [6.45, 7) is -0.273. The topological polar surface area (TPSA) is 95.6 Å². The molecule has 0 aliphatic heterocycles. The van der Waals surface area contributed by atoms with E-state index in [2.05, 4.69) is 5.32 Å². The molecule has 0 heterocycles. The van der Waals surface area contributed by atoms with Gasteiger partial charge in [-0.3, -0.25) is 4.79 Å². The summed E-state index contributed by atoms with van der Waals surface area (Å²) in [5.41, 5.74) is 7.20. The summed E-state index contributed by atoms with van der Waals surface area (Å²) in [7, 11) is 0. The molecule has 5 nitrogen and oxygen atoms in total. The summed E-state index contributed by atoms with van der Waals surface area (Å²) in [6, 6.07) is 9.69. The Morgan fingerprint density at radius 3 is 2.43 bits per heavy atom. The Balaban J connectivity index is 2.07. The van der Waals surface area contributed by atoms with E-state index < -0.39 is 6.10 Å². The summed E-state index contributed by atoms with van der Waals surface area (Å²) < 4.78 is 0. The molecule has 0 aliphatic rings. The highest BCUT2D eigenvalue weighted by Gasteiger charge is 2.15. The van der Waals surface area contributed by atoms with Crippen LogP contribution in [0, 0.1) is 0 Å². The van der Waals surface area contributed by atoms with Gasteiger partial charge in [0.05, 0.1) is 28.4 Å². The number of amides is 1. The first-order valence-corrected chi connectivity index (χ1v) is 7.59. The number of nitrogens with one attached hydrogen (secondary N) is 1. The second kappa shape index (κ2) is 7.66. The number of halogens is 2. The predicted molar refractivity (Wildman–Crippen MR) is 90.5 cm³/mol. The molecule has 0 saturated heterocycles. The molecular formula is C16H16Cl2N2O3. The number of nitrogens with two attached hydrogens (primary N) is 1. The van der Waals surface area contributed by atoms with Crippen molar-refractivity contribution in [2.24, 2.45) is 0 Å². The molecule has 5 N–H and O–H groups in total. The van der Waals surface area contributed by atoms with Gasteiger partial charge in [-0.15, -0.1) is 0 Å². The first-order valence-electron chi connectivity index (χ1n) is 6.83.